The highest BCUT2D eigenvalue weighted by Gasteiger charge is 2.34. The highest BCUT2D eigenvalue weighted by Crippen LogP contribution is 2.26. The molecular weight excluding hydrogens is 188 g/mol. The molecule has 0 amide bonds. The Labute approximate surface area is 81.3 Å². The molecule has 1 aromatic rings. The molecule has 1 aromatic carbocycles. The molecule has 4 heteroatoms. The van der Waals surface area contributed by atoms with E-state index >= 15 is 0 Å². The lowest BCUT2D eigenvalue weighted by Crippen LogP contribution is -2.37. The summed E-state index contributed by atoms with van der Waals surface area (Å²) in [6.45, 7) is 0. The maximum atomic E-state index is 5.84. The van der Waals surface area contributed by atoms with E-state index in [1.54, 1.807) is 0 Å². The second-order valence-corrected chi connectivity index (χ2v) is 3.08. The molecule has 0 spiro atoms. The number of benzene rings is 1. The molecule has 0 radical (unpaired) electrons. The summed E-state index contributed by atoms with van der Waals surface area (Å²) in [5.41, 5.74) is 3.17. The van der Waals surface area contributed by atoms with Gasteiger partial charge in [0.05, 0.1) is 5.88 Å². The van der Waals surface area contributed by atoms with Crippen LogP contribution in [0, 0.1) is 0 Å². The third-order valence-corrected chi connectivity index (χ3v) is 2.39. The summed E-state index contributed by atoms with van der Waals surface area (Å²) in [5, 5.41) is 0. The van der Waals surface area contributed by atoms with Crippen molar-refractivity contribution in [3.8, 4) is 0 Å². The summed E-state index contributed by atoms with van der Waals surface area (Å²) in [5.74, 6) is 0.341. The van der Waals surface area contributed by atoms with Gasteiger partial charge in [-0.2, -0.15) is 0 Å². The second kappa shape index (κ2) is 3.36. The first-order chi connectivity index (χ1) is 6.37. The van der Waals surface area contributed by atoms with Gasteiger partial charge in [-0.05, 0) is 5.56 Å². The van der Waals surface area contributed by atoms with Crippen LogP contribution < -0.4 is 5.48 Å². The molecule has 1 unspecified atom stereocenters. The van der Waals surface area contributed by atoms with Gasteiger partial charge < -0.3 is 4.84 Å². The number of alkyl halides is 1. The molecule has 1 atom stereocenters. The molecular formula is C9H9ClN2O. The molecule has 0 saturated heterocycles. The van der Waals surface area contributed by atoms with Gasteiger partial charge in [-0.25, -0.2) is 4.99 Å². The van der Waals surface area contributed by atoms with Crippen LogP contribution in [0.4, 0.5) is 0 Å². The van der Waals surface area contributed by atoms with Crippen molar-refractivity contribution in [1.29, 1.82) is 0 Å². The molecule has 1 aliphatic rings. The average molecular weight is 197 g/mol. The Hall–Kier alpha value is -1.06. The van der Waals surface area contributed by atoms with Crippen molar-refractivity contribution in [2.24, 2.45) is 4.99 Å². The molecule has 68 valence electrons. The first-order valence-corrected chi connectivity index (χ1v) is 4.49. The minimum absolute atomic E-state index is 0.341. The normalized spacial score (nSPS) is 25.9. The fourth-order valence-corrected chi connectivity index (χ4v) is 1.53. The van der Waals surface area contributed by atoms with Crippen LogP contribution in [0.3, 0.4) is 0 Å². The highest BCUT2D eigenvalue weighted by molar-refractivity contribution is 6.18. The fourth-order valence-electron chi connectivity index (χ4n) is 1.25. The smallest absolute Gasteiger partial charge is 0.198 e. The molecule has 0 bridgehead atoms. The van der Waals surface area contributed by atoms with Crippen LogP contribution in [-0.4, -0.2) is 12.3 Å². The van der Waals surface area contributed by atoms with Gasteiger partial charge in [-0.3, -0.25) is 0 Å². The standard InChI is InChI=1S/C9H9ClN2O/c10-6-9(11-7-13-12-9)8-4-2-1-3-5-8/h1-5,7,12H,6H2. The molecule has 2 rings (SSSR count). The van der Waals surface area contributed by atoms with Gasteiger partial charge in [-0.1, -0.05) is 30.3 Å². The number of hydrogen-bond donors (Lipinski definition) is 1. The van der Waals surface area contributed by atoms with E-state index in [-0.39, 0.29) is 0 Å². The van der Waals surface area contributed by atoms with Crippen molar-refractivity contribution in [3.63, 3.8) is 0 Å². The maximum Gasteiger partial charge on any atom is 0.198 e. The maximum absolute atomic E-state index is 5.84. The van der Waals surface area contributed by atoms with E-state index in [1.807, 2.05) is 30.3 Å². The third-order valence-electron chi connectivity index (χ3n) is 2.00. The summed E-state index contributed by atoms with van der Waals surface area (Å²) in [7, 11) is 0. The highest BCUT2D eigenvalue weighted by atomic mass is 35.5. The average Bonchev–Trinajstić information content (AvgIpc) is 2.69. The van der Waals surface area contributed by atoms with Crippen LogP contribution in [0.5, 0.6) is 0 Å². The van der Waals surface area contributed by atoms with Gasteiger partial charge in [-0.15, -0.1) is 17.1 Å². The molecule has 1 aliphatic heterocycles. The van der Waals surface area contributed by atoms with Crippen LogP contribution >= 0.6 is 11.6 Å². The SMILES string of the molecule is ClCC1(c2ccccc2)N=CON1. The van der Waals surface area contributed by atoms with Crippen LogP contribution in [0.25, 0.3) is 0 Å². The van der Waals surface area contributed by atoms with E-state index in [2.05, 4.69) is 10.5 Å². The topological polar surface area (TPSA) is 33.6 Å². The lowest BCUT2D eigenvalue weighted by Gasteiger charge is -2.21. The van der Waals surface area contributed by atoms with Gasteiger partial charge in [0.2, 0.25) is 0 Å². The summed E-state index contributed by atoms with van der Waals surface area (Å²) in [4.78, 5) is 9.05. The van der Waals surface area contributed by atoms with Gasteiger partial charge in [0.15, 0.2) is 12.1 Å². The number of hydrogen-bond acceptors (Lipinski definition) is 3. The molecule has 0 saturated carbocycles. The molecule has 1 N–H and O–H groups in total. The predicted molar refractivity (Wildman–Crippen MR) is 51.6 cm³/mol. The van der Waals surface area contributed by atoms with Crippen LogP contribution in [0.15, 0.2) is 35.3 Å². The van der Waals surface area contributed by atoms with Crippen molar-refractivity contribution in [2.75, 3.05) is 5.88 Å². The molecule has 0 aromatic heterocycles. The Morgan fingerprint density at radius 1 is 1.38 bits per heavy atom. The van der Waals surface area contributed by atoms with Gasteiger partial charge in [0.1, 0.15) is 0 Å². The Bertz CT molecular complexity index is 315. The largest absolute Gasteiger partial charge is 0.394 e. The Morgan fingerprint density at radius 3 is 2.69 bits per heavy atom. The quantitative estimate of drug-likeness (QED) is 0.730. The van der Waals surface area contributed by atoms with Crippen LogP contribution in [-0.2, 0) is 10.5 Å². The molecule has 13 heavy (non-hydrogen) atoms. The van der Waals surface area contributed by atoms with Crippen molar-refractivity contribution in [2.45, 2.75) is 5.66 Å². The zero-order chi connectivity index (χ0) is 9.15. The van der Waals surface area contributed by atoms with E-state index in [9.17, 15) is 0 Å². The van der Waals surface area contributed by atoms with E-state index in [1.165, 1.54) is 6.40 Å². The molecule has 0 fully saturated rings. The van der Waals surface area contributed by atoms with Gasteiger partial charge >= 0.3 is 0 Å². The van der Waals surface area contributed by atoms with Crippen molar-refractivity contribution in [1.82, 2.24) is 5.48 Å². The number of hydroxylamine groups is 1. The Balaban J connectivity index is 2.37. The van der Waals surface area contributed by atoms with E-state index in [0.717, 1.165) is 5.56 Å². The first kappa shape index (κ1) is 8.53. The third kappa shape index (κ3) is 1.41. The summed E-state index contributed by atoms with van der Waals surface area (Å²) in [6.07, 6.45) is 1.37. The van der Waals surface area contributed by atoms with Crippen molar-refractivity contribution in [3.05, 3.63) is 35.9 Å². The van der Waals surface area contributed by atoms with E-state index < -0.39 is 5.66 Å². The first-order valence-electron chi connectivity index (χ1n) is 3.95. The van der Waals surface area contributed by atoms with Crippen LogP contribution in [0.2, 0.25) is 0 Å². The summed E-state index contributed by atoms with van der Waals surface area (Å²) in [6, 6.07) is 9.76. The number of nitrogens with zero attached hydrogens (tertiary/aromatic N) is 1. The zero-order valence-electron chi connectivity index (χ0n) is 6.90. The van der Waals surface area contributed by atoms with E-state index in [0.29, 0.717) is 5.88 Å². The minimum Gasteiger partial charge on any atom is -0.394 e. The van der Waals surface area contributed by atoms with Crippen LogP contribution in [0.1, 0.15) is 5.56 Å². The summed E-state index contributed by atoms with van der Waals surface area (Å²) >= 11 is 5.84. The lowest BCUT2D eigenvalue weighted by atomic mass is 10.0. The molecule has 3 nitrogen and oxygen atoms in total. The number of nitrogens with one attached hydrogen (secondary N) is 1. The Morgan fingerprint density at radius 2 is 2.15 bits per heavy atom. The second-order valence-electron chi connectivity index (χ2n) is 2.81. The van der Waals surface area contributed by atoms with Gasteiger partial charge in [0, 0.05) is 0 Å². The Kier molecular flexibility index (Phi) is 2.20. The fraction of sp³-hybridized carbons (Fsp3) is 0.222. The lowest BCUT2D eigenvalue weighted by molar-refractivity contribution is 0.137. The van der Waals surface area contributed by atoms with E-state index in [4.69, 9.17) is 16.4 Å². The summed E-state index contributed by atoms with van der Waals surface area (Å²) < 4.78 is 0. The molecule has 0 aliphatic carbocycles. The minimum atomic E-state index is -0.608. The molecule has 1 heterocycles. The zero-order valence-corrected chi connectivity index (χ0v) is 7.66. The van der Waals surface area contributed by atoms with Gasteiger partial charge in [0.25, 0.3) is 0 Å². The monoisotopic (exact) mass is 196 g/mol. The number of rotatable bonds is 2. The number of halogens is 1. The van der Waals surface area contributed by atoms with Crippen molar-refractivity contribution >= 4 is 18.0 Å². The predicted octanol–water partition coefficient (Wildman–Crippen LogP) is 1.64. The van der Waals surface area contributed by atoms with Crippen molar-refractivity contribution < 1.29 is 4.84 Å². The number of aliphatic imine (C=N–C) groups is 1.